The van der Waals surface area contributed by atoms with Crippen molar-refractivity contribution in [2.45, 2.75) is 56.9 Å². The van der Waals surface area contributed by atoms with E-state index in [1.165, 1.54) is 31.9 Å². The Kier molecular flexibility index (Phi) is 8.15. The first kappa shape index (κ1) is 24.7. The molecule has 3 aromatic heterocycles. The van der Waals surface area contributed by atoms with E-state index in [4.69, 9.17) is 15.5 Å². The zero-order valence-electron chi connectivity index (χ0n) is 20.5. The Bertz CT molecular complexity index is 1200. The number of pyridine rings is 2. The van der Waals surface area contributed by atoms with Crippen molar-refractivity contribution in [2.75, 3.05) is 31.6 Å². The van der Waals surface area contributed by atoms with Gasteiger partial charge in [0.25, 0.3) is 0 Å². The summed E-state index contributed by atoms with van der Waals surface area (Å²) in [5, 5.41) is 34.4. The summed E-state index contributed by atoms with van der Waals surface area (Å²) in [4.78, 5) is 11.7. The lowest BCUT2D eigenvalue weighted by atomic mass is 10.0. The van der Waals surface area contributed by atoms with Gasteiger partial charge < -0.3 is 26.0 Å². The Labute approximate surface area is 215 Å². The van der Waals surface area contributed by atoms with Gasteiger partial charge in [-0.3, -0.25) is 4.98 Å². The van der Waals surface area contributed by atoms with Gasteiger partial charge in [0.15, 0.2) is 0 Å². The fourth-order valence-electron chi connectivity index (χ4n) is 5.00. The fourth-order valence-corrected chi connectivity index (χ4v) is 5.92. The first-order valence-corrected chi connectivity index (χ1v) is 13.7. The van der Waals surface area contributed by atoms with E-state index >= 15 is 0 Å². The number of fused-ring (bicyclic) bond motifs is 1. The Balaban J connectivity index is 1.24. The maximum atomic E-state index is 9.03. The highest BCUT2D eigenvalue weighted by molar-refractivity contribution is 7.15. The van der Waals surface area contributed by atoms with Gasteiger partial charge in [-0.15, -0.1) is 10.2 Å². The van der Waals surface area contributed by atoms with Crippen molar-refractivity contribution in [3.05, 3.63) is 41.2 Å². The van der Waals surface area contributed by atoms with Crippen molar-refractivity contribution in [1.29, 1.82) is 5.41 Å². The largest absolute Gasteiger partial charge is 0.396 e. The van der Waals surface area contributed by atoms with Crippen LogP contribution in [0.25, 0.3) is 16.6 Å². The molecule has 0 radical (unpaired) electrons. The molecular formula is C26H34N8OS. The highest BCUT2D eigenvalue weighted by atomic mass is 32.1. The van der Waals surface area contributed by atoms with Crippen LogP contribution in [0.2, 0.25) is 0 Å². The Hall–Kier alpha value is -2.95. The molecule has 3 aromatic rings. The minimum absolute atomic E-state index is 0.249. The first-order valence-electron chi connectivity index (χ1n) is 12.9. The molecule has 4 heterocycles. The van der Waals surface area contributed by atoms with Crippen LogP contribution in [-0.4, -0.2) is 68.7 Å². The van der Waals surface area contributed by atoms with E-state index in [1.54, 1.807) is 17.5 Å². The van der Waals surface area contributed by atoms with Gasteiger partial charge in [0.05, 0.1) is 11.0 Å². The zero-order valence-corrected chi connectivity index (χ0v) is 21.3. The number of nitrogens with zero attached hydrogens (tertiary/aromatic N) is 5. The summed E-state index contributed by atoms with van der Waals surface area (Å²) in [5.41, 5.74) is 3.20. The third-order valence-corrected chi connectivity index (χ3v) is 8.10. The molecule has 1 aliphatic heterocycles. The average molecular weight is 507 g/mol. The van der Waals surface area contributed by atoms with E-state index in [0.717, 1.165) is 71.2 Å². The summed E-state index contributed by atoms with van der Waals surface area (Å²) < 4.78 is 0. The number of aliphatic hydroxyl groups excluding tert-OH is 1. The monoisotopic (exact) mass is 506 g/mol. The first-order chi connectivity index (χ1) is 17.7. The number of nitrogens with one attached hydrogen (secondary N) is 3. The molecule has 1 saturated heterocycles. The lowest BCUT2D eigenvalue weighted by Crippen LogP contribution is -2.41. The Morgan fingerprint density at radius 3 is 2.75 bits per heavy atom. The number of anilines is 2. The molecular weight excluding hydrogens is 472 g/mol. The van der Waals surface area contributed by atoms with Crippen LogP contribution in [-0.2, 0) is 0 Å². The van der Waals surface area contributed by atoms with Crippen molar-refractivity contribution in [2.24, 2.45) is 0 Å². The van der Waals surface area contributed by atoms with Crippen molar-refractivity contribution in [1.82, 2.24) is 30.4 Å². The van der Waals surface area contributed by atoms with Crippen molar-refractivity contribution < 1.29 is 5.11 Å². The van der Waals surface area contributed by atoms with Crippen LogP contribution in [0.4, 0.5) is 10.9 Å². The maximum Gasteiger partial charge on any atom is 0.211 e. The van der Waals surface area contributed by atoms with Gasteiger partial charge in [-0.2, -0.15) is 0 Å². The van der Waals surface area contributed by atoms with Crippen molar-refractivity contribution in [3.63, 3.8) is 0 Å². The SMILES string of the molecule is N=C/C(=C\NC1CCN(CCCO)CC1)c1cnc2ccc(Nc3nnc(C4CCCC4)s3)nc2c1. The molecule has 5 rings (SSSR count). The van der Waals surface area contributed by atoms with Crippen LogP contribution in [0.15, 0.2) is 30.6 Å². The molecule has 0 aromatic carbocycles. The normalized spacial score (nSPS) is 18.1. The van der Waals surface area contributed by atoms with Crippen LogP contribution in [0.5, 0.6) is 0 Å². The summed E-state index contributed by atoms with van der Waals surface area (Å²) in [6.45, 7) is 3.26. The highest BCUT2D eigenvalue weighted by Gasteiger charge is 2.21. The third kappa shape index (κ3) is 6.05. The Morgan fingerprint density at radius 1 is 1.14 bits per heavy atom. The van der Waals surface area contributed by atoms with E-state index in [-0.39, 0.29) is 6.61 Å². The van der Waals surface area contributed by atoms with Gasteiger partial charge >= 0.3 is 0 Å². The maximum absolute atomic E-state index is 9.03. The van der Waals surface area contributed by atoms with E-state index < -0.39 is 0 Å². The predicted molar refractivity (Wildman–Crippen MR) is 145 cm³/mol. The average Bonchev–Trinajstić information content (AvgIpc) is 3.61. The van der Waals surface area contributed by atoms with Gasteiger partial charge in [0.1, 0.15) is 10.8 Å². The van der Waals surface area contributed by atoms with Gasteiger partial charge in [0.2, 0.25) is 5.13 Å². The fraction of sp³-hybridized carbons (Fsp3) is 0.500. The standard InChI is InChI=1S/C26H34N8OS/c27-15-20(17-28-21-8-11-34(12-9-21)10-3-13-35)19-14-23-22(29-16-19)6-7-24(30-23)31-26-33-32-25(36-26)18-4-1-2-5-18/h6-7,14-18,21,27-28,35H,1-5,8-13H2,(H,30,31,33)/b20-17+,27-15?. The molecule has 0 spiro atoms. The molecule has 1 saturated carbocycles. The molecule has 0 bridgehead atoms. The summed E-state index contributed by atoms with van der Waals surface area (Å²) in [6, 6.07) is 6.22. The lowest BCUT2D eigenvalue weighted by Gasteiger charge is -2.32. The predicted octanol–water partition coefficient (Wildman–Crippen LogP) is 4.31. The third-order valence-electron chi connectivity index (χ3n) is 7.10. The molecule has 190 valence electrons. The summed E-state index contributed by atoms with van der Waals surface area (Å²) >= 11 is 1.62. The zero-order chi connectivity index (χ0) is 24.7. The van der Waals surface area contributed by atoms with Crippen LogP contribution in [0, 0.1) is 5.41 Å². The number of rotatable bonds is 10. The van der Waals surface area contributed by atoms with Crippen molar-refractivity contribution in [3.8, 4) is 0 Å². The number of hydrogen-bond donors (Lipinski definition) is 4. The molecule has 36 heavy (non-hydrogen) atoms. The summed E-state index contributed by atoms with van der Waals surface area (Å²) in [7, 11) is 0. The topological polar surface area (TPSA) is 123 Å². The van der Waals surface area contributed by atoms with Crippen LogP contribution in [0.1, 0.15) is 61.4 Å². The minimum Gasteiger partial charge on any atom is -0.396 e. The highest BCUT2D eigenvalue weighted by Crippen LogP contribution is 2.37. The number of piperidine rings is 1. The second kappa shape index (κ2) is 11.9. The summed E-state index contributed by atoms with van der Waals surface area (Å²) in [5.74, 6) is 1.26. The molecule has 2 fully saturated rings. The number of aliphatic hydroxyl groups is 1. The molecule has 10 heteroatoms. The lowest BCUT2D eigenvalue weighted by molar-refractivity contribution is 0.182. The molecule has 1 aliphatic carbocycles. The molecule has 0 atom stereocenters. The van der Waals surface area contributed by atoms with Gasteiger partial charge in [-0.25, -0.2) is 4.98 Å². The number of hydrogen-bond acceptors (Lipinski definition) is 10. The second-order valence-corrected chi connectivity index (χ2v) is 10.6. The smallest absolute Gasteiger partial charge is 0.211 e. The molecule has 9 nitrogen and oxygen atoms in total. The van der Waals surface area contributed by atoms with Gasteiger partial charge in [-0.1, -0.05) is 24.2 Å². The minimum atomic E-state index is 0.249. The van der Waals surface area contributed by atoms with Crippen molar-refractivity contribution >= 4 is 45.1 Å². The number of allylic oxidation sites excluding steroid dienone is 1. The second-order valence-electron chi connectivity index (χ2n) is 9.61. The van der Waals surface area contributed by atoms with E-state index in [2.05, 4.69) is 30.7 Å². The summed E-state index contributed by atoms with van der Waals surface area (Å²) in [6.07, 6.45) is 13.0. The van der Waals surface area contributed by atoms with Crippen LogP contribution in [0.3, 0.4) is 0 Å². The number of aromatic nitrogens is 4. The van der Waals surface area contributed by atoms with E-state index in [9.17, 15) is 0 Å². The Morgan fingerprint density at radius 2 is 1.97 bits per heavy atom. The van der Waals surface area contributed by atoms with Crippen LogP contribution < -0.4 is 10.6 Å². The molecule has 4 N–H and O–H groups in total. The van der Waals surface area contributed by atoms with E-state index in [1.807, 2.05) is 24.4 Å². The molecule has 0 unspecified atom stereocenters. The number of likely N-dealkylation sites (tertiary alicyclic amines) is 1. The van der Waals surface area contributed by atoms with Crippen LogP contribution >= 0.6 is 11.3 Å². The van der Waals surface area contributed by atoms with E-state index in [0.29, 0.717) is 17.8 Å². The molecule has 0 amide bonds. The van der Waals surface area contributed by atoms with Gasteiger partial charge in [-0.05, 0) is 50.3 Å². The molecule has 2 aliphatic rings. The quantitative estimate of drug-likeness (QED) is 0.300. The van der Waals surface area contributed by atoms with Gasteiger partial charge in [0, 0.05) is 67.9 Å².